The molecule has 0 spiro atoms. The van der Waals surface area contributed by atoms with Crippen molar-refractivity contribution in [3.05, 3.63) is 18.2 Å². The van der Waals surface area contributed by atoms with Crippen LogP contribution in [0, 0.1) is 0 Å². The molecule has 1 aromatic rings. The first-order valence-electron chi connectivity index (χ1n) is 8.12. The number of amides is 3. The third-order valence-corrected chi connectivity index (χ3v) is 4.13. The summed E-state index contributed by atoms with van der Waals surface area (Å²) in [6.07, 6.45) is 5.12. The number of carboxylic acid groups (broad SMARTS) is 1. The number of aromatic amines is 1. The number of aromatic nitrogens is 2. The van der Waals surface area contributed by atoms with E-state index in [-0.39, 0.29) is 13.0 Å². The number of rotatable bonds is 12. The molecule has 7 N–H and O–H groups in total. The van der Waals surface area contributed by atoms with Crippen LogP contribution in [-0.4, -0.2) is 75.9 Å². The van der Waals surface area contributed by atoms with E-state index in [0.717, 1.165) is 0 Å². The molecule has 12 heteroatoms. The van der Waals surface area contributed by atoms with Crippen LogP contribution in [0.4, 0.5) is 0 Å². The average molecular weight is 400 g/mol. The molecular weight excluding hydrogens is 376 g/mol. The van der Waals surface area contributed by atoms with Crippen LogP contribution in [0.5, 0.6) is 0 Å². The van der Waals surface area contributed by atoms with Crippen molar-refractivity contribution in [3.8, 4) is 0 Å². The number of hydrogen-bond donors (Lipinski definition) is 6. The van der Waals surface area contributed by atoms with Crippen LogP contribution >= 0.6 is 11.8 Å². The van der Waals surface area contributed by atoms with E-state index < -0.39 is 42.3 Å². The highest BCUT2D eigenvalue weighted by Gasteiger charge is 2.23. The highest BCUT2D eigenvalue weighted by atomic mass is 32.2. The number of nitrogens with one attached hydrogen (secondary N) is 4. The molecule has 0 aromatic carbocycles. The molecule has 11 nitrogen and oxygen atoms in total. The number of nitrogens with two attached hydrogens (primary N) is 1. The first-order chi connectivity index (χ1) is 12.9. The quantitative estimate of drug-likeness (QED) is 0.229. The summed E-state index contributed by atoms with van der Waals surface area (Å²) in [5, 5.41) is 16.4. The summed E-state index contributed by atoms with van der Waals surface area (Å²) in [6.45, 7) is -0.669. The molecule has 2 atom stereocenters. The van der Waals surface area contributed by atoms with Gasteiger partial charge in [-0.25, -0.2) is 9.78 Å². The molecule has 0 radical (unpaired) electrons. The number of nitrogens with zero attached hydrogens (tertiary/aromatic N) is 1. The van der Waals surface area contributed by atoms with E-state index in [1.165, 1.54) is 24.3 Å². The lowest BCUT2D eigenvalue weighted by atomic mass is 10.1. The lowest BCUT2D eigenvalue weighted by Crippen LogP contribution is -2.52. The van der Waals surface area contributed by atoms with Crippen molar-refractivity contribution < 1.29 is 24.3 Å². The minimum absolute atomic E-state index is 0.0257. The minimum atomic E-state index is -1.21. The zero-order chi connectivity index (χ0) is 20.2. The van der Waals surface area contributed by atoms with Gasteiger partial charge in [-0.15, -0.1) is 0 Å². The van der Waals surface area contributed by atoms with Gasteiger partial charge in [0.25, 0.3) is 0 Å². The van der Waals surface area contributed by atoms with Crippen molar-refractivity contribution in [2.75, 3.05) is 25.1 Å². The van der Waals surface area contributed by atoms with Gasteiger partial charge in [0, 0.05) is 18.3 Å². The number of imidazole rings is 1. The van der Waals surface area contributed by atoms with Crippen molar-refractivity contribution in [2.45, 2.75) is 24.9 Å². The Bertz CT molecular complexity index is 639. The summed E-state index contributed by atoms with van der Waals surface area (Å²) in [4.78, 5) is 53.4. The van der Waals surface area contributed by atoms with Gasteiger partial charge in [-0.2, -0.15) is 11.8 Å². The second-order valence-electron chi connectivity index (χ2n) is 5.56. The van der Waals surface area contributed by atoms with Gasteiger partial charge >= 0.3 is 5.97 Å². The predicted molar refractivity (Wildman–Crippen MR) is 98.9 cm³/mol. The lowest BCUT2D eigenvalue weighted by Gasteiger charge is -2.18. The molecule has 1 heterocycles. The van der Waals surface area contributed by atoms with Crippen molar-refractivity contribution in [3.63, 3.8) is 0 Å². The van der Waals surface area contributed by atoms with Gasteiger partial charge in [0.05, 0.1) is 19.4 Å². The van der Waals surface area contributed by atoms with Crippen molar-refractivity contribution in [1.29, 1.82) is 0 Å². The molecule has 2 unspecified atom stereocenters. The van der Waals surface area contributed by atoms with Crippen molar-refractivity contribution in [1.82, 2.24) is 25.9 Å². The third-order valence-electron chi connectivity index (χ3n) is 3.48. The van der Waals surface area contributed by atoms with Gasteiger partial charge in [0.2, 0.25) is 17.7 Å². The average Bonchev–Trinajstić information content (AvgIpc) is 3.15. The molecule has 0 aliphatic rings. The van der Waals surface area contributed by atoms with E-state index in [2.05, 4.69) is 25.9 Å². The molecular formula is C15H24N6O5S. The number of thioether (sulfide) groups is 1. The van der Waals surface area contributed by atoms with Crippen LogP contribution < -0.4 is 21.7 Å². The van der Waals surface area contributed by atoms with Crippen LogP contribution in [-0.2, 0) is 25.6 Å². The Kier molecular flexibility index (Phi) is 9.90. The van der Waals surface area contributed by atoms with E-state index in [4.69, 9.17) is 5.73 Å². The molecule has 0 aliphatic heterocycles. The number of carboxylic acids is 1. The maximum absolute atomic E-state index is 12.2. The first-order valence-corrected chi connectivity index (χ1v) is 9.52. The molecule has 0 fully saturated rings. The summed E-state index contributed by atoms with van der Waals surface area (Å²) in [6, 6.07) is -1.99. The Morgan fingerprint density at radius 2 is 1.96 bits per heavy atom. The second-order valence-corrected chi connectivity index (χ2v) is 6.55. The summed E-state index contributed by atoms with van der Waals surface area (Å²) < 4.78 is 0. The van der Waals surface area contributed by atoms with Crippen LogP contribution in [0.1, 0.15) is 12.1 Å². The maximum Gasteiger partial charge on any atom is 0.326 e. The lowest BCUT2D eigenvalue weighted by molar-refractivity contribution is -0.141. The number of aliphatic carboxylic acids is 1. The van der Waals surface area contributed by atoms with Crippen LogP contribution in [0.3, 0.4) is 0 Å². The van der Waals surface area contributed by atoms with Crippen LogP contribution in [0.2, 0.25) is 0 Å². The largest absolute Gasteiger partial charge is 0.480 e. The fourth-order valence-electron chi connectivity index (χ4n) is 2.11. The third kappa shape index (κ3) is 8.55. The Morgan fingerprint density at radius 1 is 1.26 bits per heavy atom. The van der Waals surface area contributed by atoms with Gasteiger partial charge in [-0.3, -0.25) is 14.4 Å². The Labute approximate surface area is 160 Å². The van der Waals surface area contributed by atoms with Gasteiger partial charge in [0.15, 0.2) is 0 Å². The van der Waals surface area contributed by atoms with E-state index in [9.17, 15) is 24.3 Å². The predicted octanol–water partition coefficient (Wildman–Crippen LogP) is -2.17. The zero-order valence-corrected chi connectivity index (χ0v) is 15.7. The Morgan fingerprint density at radius 3 is 2.52 bits per heavy atom. The van der Waals surface area contributed by atoms with Crippen LogP contribution in [0.25, 0.3) is 0 Å². The highest BCUT2D eigenvalue weighted by Crippen LogP contribution is 2.01. The molecule has 0 saturated heterocycles. The summed E-state index contributed by atoms with van der Waals surface area (Å²) in [5.74, 6) is -2.27. The molecule has 0 bridgehead atoms. The van der Waals surface area contributed by atoms with Crippen molar-refractivity contribution >= 4 is 35.5 Å². The van der Waals surface area contributed by atoms with E-state index in [1.807, 2.05) is 6.26 Å². The smallest absolute Gasteiger partial charge is 0.326 e. The van der Waals surface area contributed by atoms with E-state index in [1.54, 1.807) is 0 Å². The number of carbonyl (C=O) groups is 4. The highest BCUT2D eigenvalue weighted by molar-refractivity contribution is 7.98. The molecule has 0 saturated carbocycles. The van der Waals surface area contributed by atoms with Gasteiger partial charge < -0.3 is 31.8 Å². The Hall–Kier alpha value is -2.60. The maximum atomic E-state index is 12.2. The molecule has 1 aromatic heterocycles. The van der Waals surface area contributed by atoms with Crippen LogP contribution in [0.15, 0.2) is 12.5 Å². The van der Waals surface area contributed by atoms with Gasteiger partial charge in [0.1, 0.15) is 12.1 Å². The number of hydrogen-bond acceptors (Lipinski definition) is 7. The van der Waals surface area contributed by atoms with Gasteiger partial charge in [-0.1, -0.05) is 0 Å². The Balaban J connectivity index is 2.54. The molecule has 3 amide bonds. The molecule has 0 aliphatic carbocycles. The van der Waals surface area contributed by atoms with E-state index in [0.29, 0.717) is 17.9 Å². The molecule has 150 valence electrons. The molecule has 1 rings (SSSR count). The monoisotopic (exact) mass is 400 g/mol. The summed E-state index contributed by atoms with van der Waals surface area (Å²) in [7, 11) is 0. The number of H-pyrrole nitrogens is 1. The topological polar surface area (TPSA) is 179 Å². The van der Waals surface area contributed by atoms with Gasteiger partial charge in [-0.05, 0) is 18.4 Å². The zero-order valence-electron chi connectivity index (χ0n) is 14.9. The summed E-state index contributed by atoms with van der Waals surface area (Å²) in [5.41, 5.74) is 5.78. The summed E-state index contributed by atoms with van der Waals surface area (Å²) >= 11 is 1.50. The minimum Gasteiger partial charge on any atom is -0.480 e. The normalized spacial score (nSPS) is 12.7. The SMILES string of the molecule is CSCCC(NC(=O)CN)C(=O)NCC(=O)NC(Cc1cnc[nH]1)C(=O)O. The second kappa shape index (κ2) is 11.9. The van der Waals surface area contributed by atoms with E-state index >= 15 is 0 Å². The van der Waals surface area contributed by atoms with Crippen molar-refractivity contribution in [2.24, 2.45) is 5.73 Å². The standard InChI is InChI=1S/C15H24N6O5S/c1-27-3-2-10(20-12(22)5-16)14(24)18-7-13(23)21-11(15(25)26)4-9-6-17-8-19-9/h6,8,10-11H,2-5,7,16H2,1H3,(H,17,19)(H,18,24)(H,20,22)(H,21,23)(H,25,26). The fourth-order valence-corrected chi connectivity index (χ4v) is 2.58. The number of carbonyl (C=O) groups excluding carboxylic acids is 3. The fraction of sp³-hybridized carbons (Fsp3) is 0.533. The molecule has 27 heavy (non-hydrogen) atoms. The first kappa shape index (κ1) is 22.4.